The van der Waals surface area contributed by atoms with Crippen molar-refractivity contribution in [1.29, 1.82) is 0 Å². The van der Waals surface area contributed by atoms with E-state index in [-0.39, 0.29) is 0 Å². The van der Waals surface area contributed by atoms with Crippen LogP contribution in [-0.4, -0.2) is 0 Å². The first-order valence-corrected chi connectivity index (χ1v) is 8.77. The van der Waals surface area contributed by atoms with Crippen molar-refractivity contribution >= 4 is 0 Å². The highest BCUT2D eigenvalue weighted by Gasteiger charge is 2.68. The van der Waals surface area contributed by atoms with Crippen LogP contribution in [0.4, 0.5) is 0 Å². The van der Waals surface area contributed by atoms with Crippen molar-refractivity contribution in [2.45, 2.75) is 52.4 Å². The van der Waals surface area contributed by atoms with Crippen LogP contribution in [0.2, 0.25) is 0 Å². The minimum absolute atomic E-state index is 1.05. The molecule has 0 N–H and O–H groups in total. The van der Waals surface area contributed by atoms with Crippen LogP contribution in [0.5, 0.6) is 0 Å². The molecule has 0 saturated heterocycles. The molecule has 5 aliphatic rings. The van der Waals surface area contributed by atoms with Crippen LogP contribution in [0.15, 0.2) is 0 Å². The fourth-order valence-electron chi connectivity index (χ4n) is 8.12. The summed E-state index contributed by atoms with van der Waals surface area (Å²) in [6.07, 6.45) is 9.62. The van der Waals surface area contributed by atoms with E-state index >= 15 is 0 Å². The monoisotopic (exact) mass is 244 g/mol. The summed E-state index contributed by atoms with van der Waals surface area (Å²) in [5, 5.41) is 0. The Hall–Kier alpha value is 0. The molecule has 0 heteroatoms. The van der Waals surface area contributed by atoms with E-state index in [0.717, 1.165) is 23.7 Å². The molecule has 0 radical (unpaired) electrons. The van der Waals surface area contributed by atoms with Crippen molar-refractivity contribution in [2.75, 3.05) is 0 Å². The molecule has 5 aliphatic carbocycles. The number of hydrogen-bond donors (Lipinski definition) is 0. The van der Waals surface area contributed by atoms with Crippen molar-refractivity contribution in [3.63, 3.8) is 0 Å². The number of hydrogen-bond acceptors (Lipinski definition) is 0. The number of rotatable bonds is 0. The van der Waals surface area contributed by atoms with Gasteiger partial charge in [-0.1, -0.05) is 26.7 Å². The van der Waals surface area contributed by atoms with E-state index in [0.29, 0.717) is 0 Å². The molecular weight excluding hydrogens is 216 g/mol. The molecule has 0 aliphatic heterocycles. The topological polar surface area (TPSA) is 0 Å². The van der Waals surface area contributed by atoms with Crippen molar-refractivity contribution in [2.24, 2.45) is 59.2 Å². The van der Waals surface area contributed by atoms with E-state index < -0.39 is 0 Å². The Morgan fingerprint density at radius 1 is 0.556 bits per heavy atom. The second kappa shape index (κ2) is 3.36. The predicted octanol–water partition coefficient (Wildman–Crippen LogP) is 4.60. The largest absolute Gasteiger partial charge is 0.0620 e. The van der Waals surface area contributed by atoms with Gasteiger partial charge in [0.1, 0.15) is 0 Å². The van der Waals surface area contributed by atoms with E-state index in [2.05, 4.69) is 13.8 Å². The molecule has 0 aromatic carbocycles. The molecule has 10 atom stereocenters. The SMILES string of the molecule is CC1C(C)C2CC1C1C3CC(C4CCCCC43)C21. The molecule has 5 fully saturated rings. The van der Waals surface area contributed by atoms with Gasteiger partial charge in [-0.3, -0.25) is 0 Å². The maximum atomic E-state index is 2.58. The van der Waals surface area contributed by atoms with Gasteiger partial charge in [-0.2, -0.15) is 0 Å². The van der Waals surface area contributed by atoms with Crippen LogP contribution in [0.25, 0.3) is 0 Å². The molecule has 0 amide bonds. The lowest BCUT2D eigenvalue weighted by Crippen LogP contribution is -2.43. The Morgan fingerprint density at radius 3 is 1.50 bits per heavy atom. The molecular formula is C18H28. The Morgan fingerprint density at radius 2 is 1.00 bits per heavy atom. The van der Waals surface area contributed by atoms with Crippen LogP contribution in [-0.2, 0) is 0 Å². The third kappa shape index (κ3) is 1.03. The summed E-state index contributed by atoms with van der Waals surface area (Å²) in [4.78, 5) is 0. The minimum Gasteiger partial charge on any atom is -0.0620 e. The molecule has 0 heterocycles. The Balaban J connectivity index is 1.53. The lowest BCUT2D eigenvalue weighted by atomic mass is 9.57. The van der Waals surface area contributed by atoms with Gasteiger partial charge in [0.15, 0.2) is 0 Å². The fourth-order valence-corrected chi connectivity index (χ4v) is 8.12. The van der Waals surface area contributed by atoms with Crippen molar-refractivity contribution in [3.8, 4) is 0 Å². The summed E-state index contributed by atoms with van der Waals surface area (Å²) in [7, 11) is 0. The van der Waals surface area contributed by atoms with Gasteiger partial charge in [0.05, 0.1) is 0 Å². The summed E-state index contributed by atoms with van der Waals surface area (Å²) < 4.78 is 0. The quantitative estimate of drug-likeness (QED) is 0.546. The van der Waals surface area contributed by atoms with Crippen molar-refractivity contribution < 1.29 is 0 Å². The zero-order valence-corrected chi connectivity index (χ0v) is 12.0. The summed E-state index contributed by atoms with van der Waals surface area (Å²) in [6, 6.07) is 0. The molecule has 0 spiro atoms. The van der Waals surface area contributed by atoms with Crippen LogP contribution in [0.1, 0.15) is 52.4 Å². The standard InChI is InChI=1S/C18H28/c1-9-10(2)14-7-13(9)17-15-8-16(18(14)17)12-6-4-3-5-11(12)15/h9-18H,3-8H2,1-2H3. The Bertz CT molecular complexity index is 338. The molecule has 100 valence electrons. The van der Waals surface area contributed by atoms with Crippen molar-refractivity contribution in [3.05, 3.63) is 0 Å². The molecule has 0 aromatic rings. The van der Waals surface area contributed by atoms with E-state index in [9.17, 15) is 0 Å². The predicted molar refractivity (Wildman–Crippen MR) is 74.0 cm³/mol. The smallest absolute Gasteiger partial charge is 0.0318 e. The third-order valence-corrected chi connectivity index (χ3v) is 8.67. The molecule has 5 saturated carbocycles. The molecule has 4 bridgehead atoms. The number of fused-ring (bicyclic) bond motifs is 12. The first-order chi connectivity index (χ1) is 8.77. The van der Waals surface area contributed by atoms with Crippen LogP contribution in [0, 0.1) is 59.2 Å². The molecule has 5 rings (SSSR count). The van der Waals surface area contributed by atoms with Gasteiger partial charge >= 0.3 is 0 Å². The molecule has 18 heavy (non-hydrogen) atoms. The molecule has 0 nitrogen and oxygen atoms in total. The van der Waals surface area contributed by atoms with Gasteiger partial charge in [0, 0.05) is 0 Å². The van der Waals surface area contributed by atoms with E-state index in [1.165, 1.54) is 35.5 Å². The third-order valence-electron chi connectivity index (χ3n) is 8.67. The van der Waals surface area contributed by atoms with Gasteiger partial charge in [-0.05, 0) is 84.9 Å². The fraction of sp³-hybridized carbons (Fsp3) is 1.00. The summed E-state index contributed by atoms with van der Waals surface area (Å²) >= 11 is 0. The zero-order valence-electron chi connectivity index (χ0n) is 12.0. The average molecular weight is 244 g/mol. The average Bonchev–Trinajstić information content (AvgIpc) is 3.09. The van der Waals surface area contributed by atoms with Gasteiger partial charge in [-0.15, -0.1) is 0 Å². The highest BCUT2D eigenvalue weighted by Crippen LogP contribution is 2.74. The van der Waals surface area contributed by atoms with E-state index in [1.54, 1.807) is 38.5 Å². The highest BCUT2D eigenvalue weighted by atomic mass is 14.7. The second-order valence-corrected chi connectivity index (χ2v) is 8.61. The Labute approximate surface area is 112 Å². The van der Waals surface area contributed by atoms with Gasteiger partial charge in [0.25, 0.3) is 0 Å². The zero-order chi connectivity index (χ0) is 12.0. The van der Waals surface area contributed by atoms with Crippen LogP contribution < -0.4 is 0 Å². The Kier molecular flexibility index (Phi) is 2.01. The minimum atomic E-state index is 1.05. The summed E-state index contributed by atoms with van der Waals surface area (Å²) in [6.45, 7) is 5.16. The molecule has 10 unspecified atom stereocenters. The normalized spacial score (nSPS) is 68.3. The van der Waals surface area contributed by atoms with Crippen molar-refractivity contribution in [1.82, 2.24) is 0 Å². The maximum Gasteiger partial charge on any atom is -0.0318 e. The lowest BCUT2D eigenvalue weighted by Gasteiger charge is -2.48. The second-order valence-electron chi connectivity index (χ2n) is 8.61. The van der Waals surface area contributed by atoms with Crippen LogP contribution in [0.3, 0.4) is 0 Å². The van der Waals surface area contributed by atoms with Crippen LogP contribution >= 0.6 is 0 Å². The van der Waals surface area contributed by atoms with Gasteiger partial charge in [0.2, 0.25) is 0 Å². The van der Waals surface area contributed by atoms with E-state index in [1.807, 2.05) is 0 Å². The first kappa shape index (κ1) is 10.7. The van der Waals surface area contributed by atoms with Gasteiger partial charge < -0.3 is 0 Å². The van der Waals surface area contributed by atoms with E-state index in [4.69, 9.17) is 0 Å². The maximum absolute atomic E-state index is 2.58. The lowest BCUT2D eigenvalue weighted by molar-refractivity contribution is -0.00246. The van der Waals surface area contributed by atoms with Gasteiger partial charge in [-0.25, -0.2) is 0 Å². The summed E-state index contributed by atoms with van der Waals surface area (Å²) in [5.41, 5.74) is 0. The molecule has 0 aromatic heterocycles. The highest BCUT2D eigenvalue weighted by molar-refractivity contribution is 5.16. The summed E-state index contributed by atoms with van der Waals surface area (Å²) in [5.74, 6) is 11.6. The first-order valence-electron chi connectivity index (χ1n) is 8.77.